The van der Waals surface area contributed by atoms with Gasteiger partial charge >= 0.3 is 0 Å². The fourth-order valence-corrected chi connectivity index (χ4v) is 3.50. The third-order valence-corrected chi connectivity index (χ3v) is 4.95. The number of hydrogen-bond acceptors (Lipinski definition) is 7. The highest BCUT2D eigenvalue weighted by molar-refractivity contribution is 6.06. The van der Waals surface area contributed by atoms with E-state index < -0.39 is 6.04 Å². The molecule has 1 heterocycles. The van der Waals surface area contributed by atoms with Crippen molar-refractivity contribution < 1.29 is 28.5 Å². The topological polar surface area (TPSA) is 107 Å². The monoisotopic (exact) mass is 455 g/mol. The smallest absolute Gasteiger partial charge is 0.231 e. The lowest BCUT2D eigenvalue weighted by molar-refractivity contribution is -0.120. The van der Waals surface area contributed by atoms with Gasteiger partial charge in [0, 0.05) is 5.56 Å². The Hall–Kier alpha value is -3.75. The molecule has 0 radical (unpaired) electrons. The van der Waals surface area contributed by atoms with E-state index in [1.807, 2.05) is 13.8 Å². The first-order valence-electron chi connectivity index (χ1n) is 10.7. The van der Waals surface area contributed by atoms with Crippen LogP contribution in [0.3, 0.4) is 0 Å². The largest absolute Gasteiger partial charge is 0.497 e. The van der Waals surface area contributed by atoms with Gasteiger partial charge in [-0.1, -0.05) is 6.07 Å². The van der Waals surface area contributed by atoms with Crippen LogP contribution < -0.4 is 29.6 Å². The van der Waals surface area contributed by atoms with Crippen LogP contribution in [-0.2, 0) is 16.0 Å². The summed E-state index contributed by atoms with van der Waals surface area (Å²) in [6, 6.07) is 10.1. The number of aliphatic imine (C=N–C) groups is 1. The van der Waals surface area contributed by atoms with Crippen LogP contribution in [0.4, 0.5) is 0 Å². The highest BCUT2D eigenvalue weighted by Gasteiger charge is 2.26. The highest BCUT2D eigenvalue weighted by Crippen LogP contribution is 2.34. The standard InChI is InChI=1S/C24H29N3O6/c1-5-32-20-9-7-15(11-21(20)33-6-2)12-22(28)26-24-25-18(14-23(29)27-24)17-13-16(30-3)8-10-19(17)31-4/h7-11,13,18H,5-6,12,14H2,1-4H3,(H2,25,26,27,28,29). The number of amides is 2. The Morgan fingerprint density at radius 2 is 1.76 bits per heavy atom. The molecule has 0 bridgehead atoms. The average molecular weight is 456 g/mol. The van der Waals surface area contributed by atoms with Crippen LogP contribution in [0.25, 0.3) is 0 Å². The summed E-state index contributed by atoms with van der Waals surface area (Å²) in [5.74, 6) is 1.94. The van der Waals surface area contributed by atoms with Crippen molar-refractivity contribution in [3.05, 3.63) is 47.5 Å². The van der Waals surface area contributed by atoms with Crippen LogP contribution in [0, 0.1) is 0 Å². The van der Waals surface area contributed by atoms with Crippen LogP contribution in [0.1, 0.15) is 37.4 Å². The normalized spacial score (nSPS) is 15.2. The molecule has 2 aromatic rings. The molecule has 0 saturated heterocycles. The quantitative estimate of drug-likeness (QED) is 0.602. The second-order valence-corrected chi connectivity index (χ2v) is 7.23. The molecule has 2 N–H and O–H groups in total. The van der Waals surface area contributed by atoms with Crippen molar-refractivity contribution in [3.8, 4) is 23.0 Å². The number of benzene rings is 2. The van der Waals surface area contributed by atoms with E-state index in [4.69, 9.17) is 18.9 Å². The number of rotatable bonds is 9. The van der Waals surface area contributed by atoms with E-state index in [0.717, 1.165) is 5.56 Å². The van der Waals surface area contributed by atoms with Crippen molar-refractivity contribution in [2.45, 2.75) is 32.7 Å². The molecular weight excluding hydrogens is 426 g/mol. The van der Waals surface area contributed by atoms with Gasteiger partial charge in [0.15, 0.2) is 11.5 Å². The summed E-state index contributed by atoms with van der Waals surface area (Å²) in [6.45, 7) is 4.77. The maximum Gasteiger partial charge on any atom is 0.231 e. The molecule has 33 heavy (non-hydrogen) atoms. The van der Waals surface area contributed by atoms with E-state index in [2.05, 4.69) is 15.6 Å². The number of nitrogens with one attached hydrogen (secondary N) is 2. The van der Waals surface area contributed by atoms with Gasteiger partial charge in [-0.15, -0.1) is 0 Å². The van der Waals surface area contributed by atoms with Crippen molar-refractivity contribution in [1.82, 2.24) is 10.6 Å². The molecule has 3 rings (SSSR count). The number of ether oxygens (including phenoxy) is 4. The molecule has 0 fully saturated rings. The highest BCUT2D eigenvalue weighted by atomic mass is 16.5. The Labute approximate surface area is 193 Å². The predicted molar refractivity (Wildman–Crippen MR) is 123 cm³/mol. The summed E-state index contributed by atoms with van der Waals surface area (Å²) in [5, 5.41) is 5.31. The molecule has 0 aliphatic carbocycles. The van der Waals surface area contributed by atoms with Crippen molar-refractivity contribution in [2.24, 2.45) is 4.99 Å². The van der Waals surface area contributed by atoms with Gasteiger partial charge in [-0.05, 0) is 49.7 Å². The maximum atomic E-state index is 12.7. The average Bonchev–Trinajstić information content (AvgIpc) is 2.80. The molecule has 0 saturated carbocycles. The van der Waals surface area contributed by atoms with Gasteiger partial charge in [0.1, 0.15) is 11.5 Å². The van der Waals surface area contributed by atoms with Gasteiger partial charge in [-0.3, -0.25) is 20.2 Å². The zero-order valence-electron chi connectivity index (χ0n) is 19.3. The van der Waals surface area contributed by atoms with Gasteiger partial charge in [0.2, 0.25) is 17.8 Å². The molecule has 1 aliphatic heterocycles. The van der Waals surface area contributed by atoms with Crippen molar-refractivity contribution in [3.63, 3.8) is 0 Å². The number of hydrogen-bond donors (Lipinski definition) is 2. The van der Waals surface area contributed by atoms with E-state index in [9.17, 15) is 9.59 Å². The Morgan fingerprint density at radius 1 is 1.03 bits per heavy atom. The third kappa shape index (κ3) is 6.15. The van der Waals surface area contributed by atoms with Crippen LogP contribution in [0.2, 0.25) is 0 Å². The minimum Gasteiger partial charge on any atom is -0.497 e. The number of guanidine groups is 1. The van der Waals surface area contributed by atoms with E-state index in [1.54, 1.807) is 50.6 Å². The van der Waals surface area contributed by atoms with Crippen LogP contribution in [0.5, 0.6) is 23.0 Å². The Balaban J connectivity index is 1.76. The van der Waals surface area contributed by atoms with Crippen LogP contribution >= 0.6 is 0 Å². The molecule has 9 heteroatoms. The summed E-state index contributed by atoms with van der Waals surface area (Å²) >= 11 is 0. The molecule has 1 unspecified atom stereocenters. The maximum absolute atomic E-state index is 12.7. The van der Waals surface area contributed by atoms with E-state index >= 15 is 0 Å². The molecule has 1 atom stereocenters. The summed E-state index contributed by atoms with van der Waals surface area (Å²) in [4.78, 5) is 29.5. The van der Waals surface area contributed by atoms with E-state index in [0.29, 0.717) is 41.8 Å². The molecular formula is C24H29N3O6. The van der Waals surface area contributed by atoms with Gasteiger partial charge in [-0.2, -0.15) is 0 Å². The first-order valence-corrected chi connectivity index (χ1v) is 10.7. The first-order chi connectivity index (χ1) is 16.0. The summed E-state index contributed by atoms with van der Waals surface area (Å²) in [7, 11) is 3.11. The zero-order chi connectivity index (χ0) is 23.8. The Morgan fingerprint density at radius 3 is 2.45 bits per heavy atom. The second-order valence-electron chi connectivity index (χ2n) is 7.23. The molecule has 1 aliphatic rings. The van der Waals surface area contributed by atoms with Crippen molar-refractivity contribution >= 4 is 17.8 Å². The number of carbonyl (C=O) groups is 2. The van der Waals surface area contributed by atoms with Gasteiger partial charge in [-0.25, -0.2) is 4.99 Å². The zero-order valence-corrected chi connectivity index (χ0v) is 19.3. The first kappa shape index (κ1) is 23.9. The fourth-order valence-electron chi connectivity index (χ4n) is 3.50. The van der Waals surface area contributed by atoms with Crippen molar-refractivity contribution in [1.29, 1.82) is 0 Å². The lowest BCUT2D eigenvalue weighted by Crippen LogP contribution is -2.47. The fraction of sp³-hybridized carbons (Fsp3) is 0.375. The minimum absolute atomic E-state index is 0.0779. The summed E-state index contributed by atoms with van der Waals surface area (Å²) in [5.41, 5.74) is 1.44. The van der Waals surface area contributed by atoms with Gasteiger partial charge in [0.05, 0.1) is 46.3 Å². The molecule has 0 aromatic heterocycles. The minimum atomic E-state index is -0.519. The Bertz CT molecular complexity index is 1040. The molecule has 2 amide bonds. The van der Waals surface area contributed by atoms with Gasteiger partial charge < -0.3 is 18.9 Å². The number of methoxy groups -OCH3 is 2. The molecule has 2 aromatic carbocycles. The molecule has 176 valence electrons. The molecule has 9 nitrogen and oxygen atoms in total. The Kier molecular flexibility index (Phi) is 8.12. The predicted octanol–water partition coefficient (Wildman–Crippen LogP) is 2.78. The second kappa shape index (κ2) is 11.2. The number of nitrogens with zero attached hydrogens (tertiary/aromatic N) is 1. The van der Waals surface area contributed by atoms with Crippen molar-refractivity contribution in [2.75, 3.05) is 27.4 Å². The SMILES string of the molecule is CCOc1ccc(CC(=O)NC2=NC(c3cc(OC)ccc3OC)CC(=O)N2)cc1OCC. The third-order valence-electron chi connectivity index (χ3n) is 4.95. The summed E-state index contributed by atoms with van der Waals surface area (Å²) < 4.78 is 21.9. The van der Waals surface area contributed by atoms with Crippen LogP contribution in [0.15, 0.2) is 41.4 Å². The summed E-state index contributed by atoms with van der Waals surface area (Å²) in [6.07, 6.45) is 0.202. The van der Waals surface area contributed by atoms with Gasteiger partial charge in [0.25, 0.3) is 0 Å². The molecule has 0 spiro atoms. The number of carbonyl (C=O) groups excluding carboxylic acids is 2. The lowest BCUT2D eigenvalue weighted by Gasteiger charge is -2.23. The van der Waals surface area contributed by atoms with Crippen LogP contribution in [-0.4, -0.2) is 45.2 Å². The van der Waals surface area contributed by atoms with E-state index in [1.165, 1.54) is 0 Å². The van der Waals surface area contributed by atoms with E-state index in [-0.39, 0.29) is 30.6 Å². The lowest BCUT2D eigenvalue weighted by atomic mass is 10.0.